The van der Waals surface area contributed by atoms with Gasteiger partial charge in [0, 0.05) is 17.2 Å². The standard InChI is InChI=1S/C18H31BrO2/c1-17(2)14-10-11-18(17,3)15(13-14)21-16(20)9-7-5-4-6-8-12-19/h14-15H,4-13H2,1-3H3. The molecule has 2 bridgehead atoms. The van der Waals surface area contributed by atoms with Crippen LogP contribution in [0.4, 0.5) is 0 Å². The highest BCUT2D eigenvalue weighted by Gasteiger charge is 2.62. The van der Waals surface area contributed by atoms with Crippen LogP contribution in [0.5, 0.6) is 0 Å². The van der Waals surface area contributed by atoms with Crippen LogP contribution in [-0.2, 0) is 9.53 Å². The van der Waals surface area contributed by atoms with Crippen molar-refractivity contribution in [2.45, 2.75) is 84.7 Å². The summed E-state index contributed by atoms with van der Waals surface area (Å²) in [7, 11) is 0. The summed E-state index contributed by atoms with van der Waals surface area (Å²) in [6.45, 7) is 7.06. The molecule has 2 nitrogen and oxygen atoms in total. The Hall–Kier alpha value is -0.0500. The van der Waals surface area contributed by atoms with E-state index in [9.17, 15) is 4.79 Å². The first kappa shape index (κ1) is 17.3. The lowest BCUT2D eigenvalue weighted by molar-refractivity contribution is -0.157. The molecule has 3 unspecified atom stereocenters. The average Bonchev–Trinajstić information content (AvgIpc) is 2.76. The van der Waals surface area contributed by atoms with Crippen LogP contribution in [-0.4, -0.2) is 17.4 Å². The Balaban J connectivity index is 1.70. The molecule has 2 saturated carbocycles. The molecule has 2 aliphatic rings. The maximum Gasteiger partial charge on any atom is 0.306 e. The second kappa shape index (κ2) is 7.02. The highest BCUT2D eigenvalue weighted by atomic mass is 79.9. The van der Waals surface area contributed by atoms with Gasteiger partial charge in [-0.15, -0.1) is 0 Å². The lowest BCUT2D eigenvalue weighted by atomic mass is 9.70. The summed E-state index contributed by atoms with van der Waals surface area (Å²) in [5.74, 6) is 0.773. The molecule has 0 aromatic heterocycles. The molecule has 0 saturated heterocycles. The fourth-order valence-electron chi connectivity index (χ4n) is 4.42. The number of esters is 1. The quantitative estimate of drug-likeness (QED) is 0.326. The van der Waals surface area contributed by atoms with Crippen LogP contribution in [0, 0.1) is 16.7 Å². The number of unbranched alkanes of at least 4 members (excludes halogenated alkanes) is 4. The molecule has 3 atom stereocenters. The number of hydrogen-bond acceptors (Lipinski definition) is 2. The molecular formula is C18H31BrO2. The van der Waals surface area contributed by atoms with Gasteiger partial charge in [-0.05, 0) is 43.4 Å². The number of hydrogen-bond donors (Lipinski definition) is 0. The predicted molar refractivity (Wildman–Crippen MR) is 90.6 cm³/mol. The lowest BCUT2D eigenvalue weighted by Crippen LogP contribution is -2.38. The number of carbonyl (C=O) groups excluding carboxylic acids is 1. The second-order valence-corrected chi connectivity index (χ2v) is 8.59. The molecule has 0 heterocycles. The van der Waals surface area contributed by atoms with E-state index in [-0.39, 0.29) is 17.5 Å². The molecule has 3 heteroatoms. The van der Waals surface area contributed by atoms with Crippen LogP contribution < -0.4 is 0 Å². The van der Waals surface area contributed by atoms with Gasteiger partial charge in [0.25, 0.3) is 0 Å². The summed E-state index contributed by atoms with van der Waals surface area (Å²) in [5.41, 5.74) is 0.525. The topological polar surface area (TPSA) is 26.3 Å². The van der Waals surface area contributed by atoms with Crippen molar-refractivity contribution in [3.63, 3.8) is 0 Å². The van der Waals surface area contributed by atoms with Crippen LogP contribution in [0.25, 0.3) is 0 Å². The van der Waals surface area contributed by atoms with Gasteiger partial charge in [-0.1, -0.05) is 56.0 Å². The first-order chi connectivity index (χ1) is 9.91. The summed E-state index contributed by atoms with van der Waals surface area (Å²) in [6.07, 6.45) is 10.2. The summed E-state index contributed by atoms with van der Waals surface area (Å²) in [4.78, 5) is 12.1. The molecule has 2 rings (SSSR count). The molecule has 2 fully saturated rings. The van der Waals surface area contributed by atoms with Gasteiger partial charge in [-0.25, -0.2) is 0 Å². The number of alkyl halides is 1. The fourth-order valence-corrected chi connectivity index (χ4v) is 4.82. The van der Waals surface area contributed by atoms with Gasteiger partial charge in [0.1, 0.15) is 6.10 Å². The van der Waals surface area contributed by atoms with Gasteiger partial charge >= 0.3 is 5.97 Å². The number of fused-ring (bicyclic) bond motifs is 2. The number of rotatable bonds is 8. The zero-order chi connectivity index (χ0) is 15.5. The monoisotopic (exact) mass is 358 g/mol. The second-order valence-electron chi connectivity index (χ2n) is 7.80. The van der Waals surface area contributed by atoms with Gasteiger partial charge in [-0.2, -0.15) is 0 Å². The molecule has 0 amide bonds. The molecule has 0 aromatic carbocycles. The molecule has 0 radical (unpaired) electrons. The third kappa shape index (κ3) is 3.48. The van der Waals surface area contributed by atoms with E-state index in [1.807, 2.05) is 0 Å². The van der Waals surface area contributed by atoms with Crippen LogP contribution in [0.3, 0.4) is 0 Å². The molecule has 0 N–H and O–H groups in total. The van der Waals surface area contributed by atoms with Gasteiger partial charge < -0.3 is 4.74 Å². The minimum atomic E-state index is 0.0325. The maximum atomic E-state index is 12.1. The molecule has 2 aliphatic carbocycles. The maximum absolute atomic E-state index is 12.1. The van der Waals surface area contributed by atoms with Gasteiger partial charge in [-0.3, -0.25) is 4.79 Å². The number of ether oxygens (including phenoxy) is 1. The van der Waals surface area contributed by atoms with E-state index >= 15 is 0 Å². The Labute approximate surface area is 138 Å². The average molecular weight is 359 g/mol. The van der Waals surface area contributed by atoms with E-state index in [1.165, 1.54) is 32.1 Å². The highest BCUT2D eigenvalue weighted by molar-refractivity contribution is 9.09. The predicted octanol–water partition coefficient (Wildman–Crippen LogP) is 5.48. The lowest BCUT2D eigenvalue weighted by Gasteiger charge is -2.38. The molecule has 21 heavy (non-hydrogen) atoms. The van der Waals surface area contributed by atoms with E-state index in [2.05, 4.69) is 36.7 Å². The van der Waals surface area contributed by atoms with E-state index in [4.69, 9.17) is 4.74 Å². The van der Waals surface area contributed by atoms with Crippen LogP contribution in [0.15, 0.2) is 0 Å². The van der Waals surface area contributed by atoms with Crippen molar-refractivity contribution in [1.29, 1.82) is 0 Å². The van der Waals surface area contributed by atoms with E-state index < -0.39 is 0 Å². The molecular weight excluding hydrogens is 328 g/mol. The Morgan fingerprint density at radius 3 is 2.38 bits per heavy atom. The van der Waals surface area contributed by atoms with Gasteiger partial charge in [0.15, 0.2) is 0 Å². The Kier molecular flexibility index (Phi) is 5.78. The van der Waals surface area contributed by atoms with Crippen molar-refractivity contribution in [2.75, 3.05) is 5.33 Å². The normalized spacial score (nSPS) is 33.3. The molecule has 122 valence electrons. The van der Waals surface area contributed by atoms with Crippen LogP contribution in [0.2, 0.25) is 0 Å². The van der Waals surface area contributed by atoms with Crippen molar-refractivity contribution >= 4 is 21.9 Å². The first-order valence-electron chi connectivity index (χ1n) is 8.67. The minimum Gasteiger partial charge on any atom is -0.462 e. The third-order valence-electron chi connectivity index (χ3n) is 6.50. The summed E-state index contributed by atoms with van der Waals surface area (Å²) < 4.78 is 5.87. The van der Waals surface area contributed by atoms with Crippen molar-refractivity contribution in [3.8, 4) is 0 Å². The number of carbonyl (C=O) groups is 1. The van der Waals surface area contributed by atoms with Gasteiger partial charge in [0.2, 0.25) is 0 Å². The summed E-state index contributed by atoms with van der Waals surface area (Å²) in [5, 5.41) is 1.09. The summed E-state index contributed by atoms with van der Waals surface area (Å²) >= 11 is 3.45. The smallest absolute Gasteiger partial charge is 0.306 e. The molecule has 0 aromatic rings. The van der Waals surface area contributed by atoms with Crippen molar-refractivity contribution in [2.24, 2.45) is 16.7 Å². The van der Waals surface area contributed by atoms with Crippen molar-refractivity contribution < 1.29 is 9.53 Å². The third-order valence-corrected chi connectivity index (χ3v) is 7.06. The van der Waals surface area contributed by atoms with Crippen LogP contribution >= 0.6 is 15.9 Å². The highest BCUT2D eigenvalue weighted by Crippen LogP contribution is 2.66. The number of halogens is 1. The zero-order valence-electron chi connectivity index (χ0n) is 13.9. The van der Waals surface area contributed by atoms with Crippen LogP contribution in [0.1, 0.15) is 78.6 Å². The first-order valence-corrected chi connectivity index (χ1v) is 9.79. The largest absolute Gasteiger partial charge is 0.462 e. The van der Waals surface area contributed by atoms with Crippen molar-refractivity contribution in [3.05, 3.63) is 0 Å². The molecule has 0 aliphatic heterocycles. The van der Waals surface area contributed by atoms with Gasteiger partial charge in [0.05, 0.1) is 0 Å². The van der Waals surface area contributed by atoms with E-state index in [1.54, 1.807) is 0 Å². The molecule has 0 spiro atoms. The fraction of sp³-hybridized carbons (Fsp3) is 0.944. The minimum absolute atomic E-state index is 0.0325. The SMILES string of the molecule is CC1(C)C2CCC1(C)C(OC(=O)CCCCCCCBr)C2. The van der Waals surface area contributed by atoms with E-state index in [0.717, 1.165) is 30.5 Å². The Morgan fingerprint density at radius 1 is 1.14 bits per heavy atom. The van der Waals surface area contributed by atoms with Crippen molar-refractivity contribution in [1.82, 2.24) is 0 Å². The Bertz CT molecular complexity index is 366. The zero-order valence-corrected chi connectivity index (χ0v) is 15.5. The summed E-state index contributed by atoms with van der Waals surface area (Å²) in [6, 6.07) is 0. The Morgan fingerprint density at radius 2 is 1.81 bits per heavy atom. The van der Waals surface area contributed by atoms with E-state index in [0.29, 0.717) is 11.8 Å².